The van der Waals surface area contributed by atoms with E-state index in [0.717, 1.165) is 54.7 Å². The summed E-state index contributed by atoms with van der Waals surface area (Å²) in [7, 11) is 0. The van der Waals surface area contributed by atoms with Crippen LogP contribution in [0, 0.1) is 0 Å². The highest BCUT2D eigenvalue weighted by Crippen LogP contribution is 2.42. The van der Waals surface area contributed by atoms with Crippen LogP contribution in [-0.4, -0.2) is 9.13 Å². The minimum Gasteiger partial charge on any atom is -0.309 e. The van der Waals surface area contributed by atoms with Crippen molar-refractivity contribution in [3.05, 3.63) is 158 Å². The fourth-order valence-corrected chi connectivity index (χ4v) is 7.35. The van der Waals surface area contributed by atoms with E-state index in [1.54, 1.807) is 0 Å². The molecule has 0 amide bonds. The molecule has 10 rings (SSSR count). The van der Waals surface area contributed by atoms with Crippen molar-refractivity contribution in [2.45, 2.75) is 0 Å². The predicted octanol–water partition coefficient (Wildman–Crippen LogP) is 11.3. The number of nitrogens with zero attached hydrogens (tertiary/aromatic N) is 2. The molecule has 0 saturated heterocycles. The molecule has 0 aliphatic rings. The SMILES string of the molecule is [2H]c1c([2H])c([2H])c(-n2c3ccccc3c3c4c5ccccc5n(-c5ccc6c(ccc7c8ccccc8ccc67)c5)c4ccc32)c([2H])c1[2H]. The Hall–Kier alpha value is -5.86. The molecule has 10 aromatic rings. The fraction of sp³-hybridized carbons (Fsp3) is 0. The molecule has 0 bridgehead atoms. The first-order valence-corrected chi connectivity index (χ1v) is 14.8. The van der Waals surface area contributed by atoms with Crippen molar-refractivity contribution in [1.29, 1.82) is 0 Å². The highest BCUT2D eigenvalue weighted by atomic mass is 15.0. The van der Waals surface area contributed by atoms with Crippen molar-refractivity contribution in [2.75, 3.05) is 0 Å². The van der Waals surface area contributed by atoms with Crippen molar-refractivity contribution >= 4 is 75.9 Å². The van der Waals surface area contributed by atoms with Crippen LogP contribution in [-0.2, 0) is 0 Å². The number of aromatic nitrogens is 2. The normalized spacial score (nSPS) is 13.7. The van der Waals surface area contributed by atoms with Gasteiger partial charge in [-0.2, -0.15) is 0 Å². The van der Waals surface area contributed by atoms with E-state index in [4.69, 9.17) is 6.85 Å². The maximum absolute atomic E-state index is 8.83. The van der Waals surface area contributed by atoms with Crippen LogP contribution >= 0.6 is 0 Å². The maximum atomic E-state index is 8.83. The summed E-state index contributed by atoms with van der Waals surface area (Å²) in [5.41, 5.74) is 4.86. The molecule has 2 heterocycles. The zero-order valence-corrected chi connectivity index (χ0v) is 23.5. The third-order valence-electron chi connectivity index (χ3n) is 9.17. The molecule has 44 heavy (non-hydrogen) atoms. The lowest BCUT2D eigenvalue weighted by molar-refractivity contribution is 1.17. The Morgan fingerprint density at radius 1 is 0.364 bits per heavy atom. The lowest BCUT2D eigenvalue weighted by Crippen LogP contribution is -1.95. The van der Waals surface area contributed by atoms with Gasteiger partial charge in [-0.3, -0.25) is 0 Å². The molecule has 0 aliphatic heterocycles. The van der Waals surface area contributed by atoms with Crippen molar-refractivity contribution in [3.63, 3.8) is 0 Å². The second kappa shape index (κ2) is 8.82. The number of hydrogen-bond acceptors (Lipinski definition) is 0. The van der Waals surface area contributed by atoms with E-state index in [-0.39, 0.29) is 29.9 Å². The first-order valence-electron chi connectivity index (χ1n) is 17.3. The van der Waals surface area contributed by atoms with E-state index < -0.39 is 6.04 Å². The van der Waals surface area contributed by atoms with Crippen LogP contribution in [0.2, 0.25) is 0 Å². The summed E-state index contributed by atoms with van der Waals surface area (Å²) in [6.07, 6.45) is 0. The van der Waals surface area contributed by atoms with E-state index in [2.05, 4.69) is 108 Å². The van der Waals surface area contributed by atoms with Crippen molar-refractivity contribution in [2.24, 2.45) is 0 Å². The smallest absolute Gasteiger partial charge is 0.0645 e. The summed E-state index contributed by atoms with van der Waals surface area (Å²) in [6.45, 7) is 0. The van der Waals surface area contributed by atoms with E-state index in [1.807, 2.05) is 28.8 Å². The fourth-order valence-electron chi connectivity index (χ4n) is 7.35. The number of hydrogen-bond donors (Lipinski definition) is 0. The van der Waals surface area contributed by atoms with Crippen LogP contribution in [0.4, 0.5) is 0 Å². The molecule has 0 radical (unpaired) electrons. The first-order chi connectivity index (χ1) is 23.9. The van der Waals surface area contributed by atoms with Crippen LogP contribution in [0.25, 0.3) is 87.3 Å². The Balaban J connectivity index is 1.29. The summed E-state index contributed by atoms with van der Waals surface area (Å²) in [4.78, 5) is 0. The molecule has 0 N–H and O–H groups in total. The average Bonchev–Trinajstić information content (AvgIpc) is 3.65. The molecule has 0 aliphatic carbocycles. The quantitative estimate of drug-likeness (QED) is 0.185. The molecule has 0 spiro atoms. The molecule has 2 heteroatoms. The van der Waals surface area contributed by atoms with Crippen LogP contribution in [0.3, 0.4) is 0 Å². The van der Waals surface area contributed by atoms with E-state index in [9.17, 15) is 0 Å². The summed E-state index contributed by atoms with van der Waals surface area (Å²) in [5, 5.41) is 11.4. The summed E-state index contributed by atoms with van der Waals surface area (Å²) < 4.78 is 46.8. The Labute approximate surface area is 260 Å². The molecule has 0 saturated carbocycles. The minimum atomic E-state index is -0.401. The number of rotatable bonds is 2. The van der Waals surface area contributed by atoms with E-state index >= 15 is 0 Å². The monoisotopic (exact) mass is 563 g/mol. The molecule has 204 valence electrons. The van der Waals surface area contributed by atoms with Gasteiger partial charge in [-0.15, -0.1) is 0 Å². The summed E-state index contributed by atoms with van der Waals surface area (Å²) in [5.74, 6) is 0. The van der Waals surface area contributed by atoms with Gasteiger partial charge in [-0.25, -0.2) is 0 Å². The number of fused-ring (bicyclic) bond motifs is 12. The Kier molecular flexibility index (Phi) is 3.88. The Bertz CT molecular complexity index is 3030. The van der Waals surface area contributed by atoms with Gasteiger partial charge in [0.15, 0.2) is 0 Å². The third-order valence-corrected chi connectivity index (χ3v) is 9.17. The van der Waals surface area contributed by atoms with Crippen molar-refractivity contribution < 1.29 is 6.85 Å². The zero-order valence-electron chi connectivity index (χ0n) is 28.5. The molecule has 0 fully saturated rings. The molecular weight excluding hydrogens is 532 g/mol. The van der Waals surface area contributed by atoms with Crippen molar-refractivity contribution in [1.82, 2.24) is 9.13 Å². The second-order valence-electron chi connectivity index (χ2n) is 11.4. The molecule has 2 aromatic heterocycles. The van der Waals surface area contributed by atoms with Gasteiger partial charge >= 0.3 is 0 Å². The van der Waals surface area contributed by atoms with Crippen LogP contribution < -0.4 is 0 Å². The van der Waals surface area contributed by atoms with Gasteiger partial charge in [0.2, 0.25) is 0 Å². The van der Waals surface area contributed by atoms with Gasteiger partial charge in [0.1, 0.15) is 0 Å². The summed E-state index contributed by atoms with van der Waals surface area (Å²) in [6, 6.07) is 43.0. The topological polar surface area (TPSA) is 9.86 Å². The Morgan fingerprint density at radius 3 is 1.57 bits per heavy atom. The molecule has 8 aromatic carbocycles. The van der Waals surface area contributed by atoms with Gasteiger partial charge in [0, 0.05) is 32.9 Å². The van der Waals surface area contributed by atoms with Crippen molar-refractivity contribution in [3.8, 4) is 11.4 Å². The van der Waals surface area contributed by atoms with Gasteiger partial charge in [-0.05, 0) is 80.8 Å². The maximum Gasteiger partial charge on any atom is 0.0645 e. The first kappa shape index (κ1) is 19.4. The average molecular weight is 564 g/mol. The minimum absolute atomic E-state index is 0.148. The predicted molar refractivity (Wildman–Crippen MR) is 188 cm³/mol. The lowest BCUT2D eigenvalue weighted by Gasteiger charge is -2.12. The summed E-state index contributed by atoms with van der Waals surface area (Å²) >= 11 is 0. The number of benzene rings is 8. The van der Waals surface area contributed by atoms with Crippen LogP contribution in [0.5, 0.6) is 0 Å². The van der Waals surface area contributed by atoms with Gasteiger partial charge in [0.05, 0.1) is 28.9 Å². The lowest BCUT2D eigenvalue weighted by atomic mass is 9.97. The second-order valence-corrected chi connectivity index (χ2v) is 11.4. The molecule has 2 nitrogen and oxygen atoms in total. The highest BCUT2D eigenvalue weighted by molar-refractivity contribution is 6.29. The standard InChI is InChI=1S/C42H26N2/c1-2-11-29(12-3-1)43-37-16-8-6-14-35(37)41-39(43)24-25-40-42(41)36-15-7-9-17-38(36)44(40)30-20-23-32-28(26-30)19-22-33-31-13-5-4-10-27(31)18-21-34(32)33/h1-26H/i1D,2D,3D,11D,12D. The van der Waals surface area contributed by atoms with E-state index in [0.29, 0.717) is 0 Å². The third kappa shape index (κ3) is 3.14. The largest absolute Gasteiger partial charge is 0.309 e. The molecule has 0 atom stereocenters. The molecule has 0 unspecified atom stereocenters. The van der Waals surface area contributed by atoms with Crippen LogP contribution in [0.1, 0.15) is 6.85 Å². The van der Waals surface area contributed by atoms with Gasteiger partial charge in [-0.1, -0.05) is 109 Å². The highest BCUT2D eigenvalue weighted by Gasteiger charge is 2.20. The Morgan fingerprint density at radius 2 is 0.886 bits per heavy atom. The molecular formula is C42H26N2. The van der Waals surface area contributed by atoms with E-state index in [1.165, 1.54) is 26.9 Å². The van der Waals surface area contributed by atoms with Gasteiger partial charge < -0.3 is 9.13 Å². The number of para-hydroxylation sites is 3. The van der Waals surface area contributed by atoms with Crippen LogP contribution in [0.15, 0.2) is 158 Å². The van der Waals surface area contributed by atoms with Gasteiger partial charge in [0.25, 0.3) is 0 Å². The zero-order chi connectivity index (χ0) is 33.1.